The smallest absolute Gasteiger partial charge is 0.0365 e. The topological polar surface area (TPSA) is 38.0 Å². The summed E-state index contributed by atoms with van der Waals surface area (Å²) in [6.07, 6.45) is 2.49. The van der Waals surface area contributed by atoms with E-state index in [9.17, 15) is 0 Å². The average molecular weight is 132 g/mol. The van der Waals surface area contributed by atoms with Gasteiger partial charge in [0.25, 0.3) is 0 Å². The van der Waals surface area contributed by atoms with Gasteiger partial charge in [0.15, 0.2) is 0 Å². The highest BCUT2D eigenvalue weighted by Crippen LogP contribution is 1.81. The molecule has 0 aromatic carbocycles. The molecule has 0 saturated heterocycles. The summed E-state index contributed by atoms with van der Waals surface area (Å²) in [6, 6.07) is 1.40. The van der Waals surface area contributed by atoms with E-state index in [1.807, 2.05) is 7.05 Å². The van der Waals surface area contributed by atoms with Crippen molar-refractivity contribution in [2.75, 3.05) is 19.8 Å². The molecule has 50 valence electrons. The predicted octanol–water partition coefficient (Wildman–Crippen LogP) is -0.901. The average Bonchev–Trinajstić information content (AvgIpc) is 1.81. The lowest BCUT2D eigenvalue weighted by Crippen LogP contribution is -2.15. The van der Waals surface area contributed by atoms with Crippen LogP contribution in [0.1, 0.15) is 6.42 Å². The summed E-state index contributed by atoms with van der Waals surface area (Å²) in [5.74, 6) is 0. The van der Waals surface area contributed by atoms with Crippen LogP contribution in [0.2, 0.25) is 6.04 Å². The first-order valence-corrected chi connectivity index (χ1v) is 5.26. The van der Waals surface area contributed by atoms with Crippen molar-refractivity contribution in [1.82, 2.24) is 5.32 Å². The van der Waals surface area contributed by atoms with E-state index in [2.05, 4.69) is 5.32 Å². The van der Waals surface area contributed by atoms with Crippen LogP contribution in [0, 0.1) is 0 Å². The van der Waals surface area contributed by atoms with Crippen molar-refractivity contribution in [3.05, 3.63) is 0 Å². The monoisotopic (exact) mass is 132 g/mol. The van der Waals surface area contributed by atoms with Crippen LogP contribution in [0.25, 0.3) is 0 Å². The third-order valence-electron chi connectivity index (χ3n) is 1.13. The Kier molecular flexibility index (Phi) is 7.26. The van der Waals surface area contributed by atoms with E-state index >= 15 is 0 Å². The van der Waals surface area contributed by atoms with Gasteiger partial charge in [-0.2, -0.15) is 0 Å². The van der Waals surface area contributed by atoms with Crippen LogP contribution in [0.4, 0.5) is 0 Å². The van der Waals surface area contributed by atoms with Gasteiger partial charge >= 0.3 is 0 Å². The van der Waals surface area contributed by atoms with E-state index in [1.54, 1.807) is 0 Å². The molecule has 0 unspecified atom stereocenters. The Morgan fingerprint density at radius 1 is 1.62 bits per heavy atom. The lowest BCUT2D eigenvalue weighted by Gasteiger charge is -1.94. The van der Waals surface area contributed by atoms with Gasteiger partial charge in [0, 0.05) is 9.52 Å². The van der Waals surface area contributed by atoms with E-state index in [1.165, 1.54) is 18.6 Å². The van der Waals surface area contributed by atoms with E-state index in [0.717, 1.165) is 6.54 Å². The van der Waals surface area contributed by atoms with Crippen LogP contribution in [0.15, 0.2) is 0 Å². The minimum absolute atomic E-state index is 0.209. The molecule has 0 spiro atoms. The molecule has 0 aromatic heterocycles. The zero-order chi connectivity index (χ0) is 6.24. The summed E-state index contributed by atoms with van der Waals surface area (Å²) in [4.78, 5) is 0. The summed E-state index contributed by atoms with van der Waals surface area (Å²) in [5.41, 5.74) is 5.31. The molecule has 0 bridgehead atoms. The third-order valence-corrected chi connectivity index (χ3v) is 2.98. The molecule has 0 saturated carbocycles. The molecule has 3 heteroatoms. The largest absolute Gasteiger partial charge is 0.330 e. The van der Waals surface area contributed by atoms with E-state index in [0.29, 0.717) is 0 Å². The normalized spacial score (nSPS) is 11.2. The molecule has 0 fully saturated rings. The van der Waals surface area contributed by atoms with Crippen LogP contribution >= 0.6 is 0 Å². The zero-order valence-electron chi connectivity index (χ0n) is 5.61. The maximum atomic E-state index is 5.31. The lowest BCUT2D eigenvalue weighted by atomic mass is 10.5. The molecule has 2 nitrogen and oxygen atoms in total. The lowest BCUT2D eigenvalue weighted by molar-refractivity contribution is 0.904. The van der Waals surface area contributed by atoms with Gasteiger partial charge in [-0.25, -0.2) is 0 Å². The number of nitrogens with two attached hydrogens (primary N) is 1. The van der Waals surface area contributed by atoms with Crippen molar-refractivity contribution in [2.45, 2.75) is 12.5 Å². The molecule has 0 amide bonds. The fraction of sp³-hybridized carbons (Fsp3) is 1.00. The first kappa shape index (κ1) is 8.14. The van der Waals surface area contributed by atoms with E-state index in [-0.39, 0.29) is 9.52 Å². The van der Waals surface area contributed by atoms with Gasteiger partial charge in [-0.3, -0.25) is 0 Å². The highest BCUT2D eigenvalue weighted by molar-refractivity contribution is 6.35. The minimum Gasteiger partial charge on any atom is -0.330 e. The molecular weight excluding hydrogens is 116 g/mol. The number of nitrogens with one attached hydrogen (secondary N) is 1. The summed E-state index contributed by atoms with van der Waals surface area (Å²) < 4.78 is 0. The molecule has 0 aromatic rings. The van der Waals surface area contributed by atoms with Gasteiger partial charge in [-0.15, -0.1) is 0 Å². The summed E-state index contributed by atoms with van der Waals surface area (Å²) in [7, 11) is 2.22. The van der Waals surface area contributed by atoms with Crippen LogP contribution in [-0.2, 0) is 0 Å². The fourth-order valence-corrected chi connectivity index (χ4v) is 1.87. The Morgan fingerprint density at radius 2 is 2.38 bits per heavy atom. The van der Waals surface area contributed by atoms with Gasteiger partial charge in [-0.1, -0.05) is 6.04 Å². The minimum atomic E-state index is 0.209. The Morgan fingerprint density at radius 3 is 2.88 bits per heavy atom. The summed E-state index contributed by atoms with van der Waals surface area (Å²) >= 11 is 0. The maximum absolute atomic E-state index is 5.31. The second-order valence-electron chi connectivity index (χ2n) is 1.95. The molecule has 0 aliphatic carbocycles. The molecule has 0 aliphatic heterocycles. The van der Waals surface area contributed by atoms with Gasteiger partial charge in [0.05, 0.1) is 0 Å². The predicted molar refractivity (Wildman–Crippen MR) is 40.9 cm³/mol. The van der Waals surface area contributed by atoms with Crippen LogP contribution in [0.3, 0.4) is 0 Å². The molecule has 0 radical (unpaired) electrons. The van der Waals surface area contributed by atoms with Gasteiger partial charge in [-0.05, 0) is 26.2 Å². The Balaban J connectivity index is 2.53. The third kappa shape index (κ3) is 6.14. The number of hydrogen-bond acceptors (Lipinski definition) is 2. The van der Waals surface area contributed by atoms with E-state index in [4.69, 9.17) is 5.73 Å². The Labute approximate surface area is 53.7 Å². The Hall–Kier alpha value is 0.137. The fourth-order valence-electron chi connectivity index (χ4n) is 0.623. The molecule has 8 heavy (non-hydrogen) atoms. The SMILES string of the molecule is CNC[SiH2]CCCN. The number of rotatable bonds is 5. The van der Waals surface area contributed by atoms with E-state index < -0.39 is 0 Å². The van der Waals surface area contributed by atoms with Gasteiger partial charge in [0.1, 0.15) is 0 Å². The van der Waals surface area contributed by atoms with Gasteiger partial charge < -0.3 is 11.1 Å². The molecule has 3 N–H and O–H groups in total. The van der Waals surface area contributed by atoms with Crippen molar-refractivity contribution in [2.24, 2.45) is 5.73 Å². The molecule has 0 atom stereocenters. The van der Waals surface area contributed by atoms with Crippen molar-refractivity contribution in [3.63, 3.8) is 0 Å². The molecular formula is C5H16N2Si. The van der Waals surface area contributed by atoms with Gasteiger partial charge in [0.2, 0.25) is 0 Å². The molecule has 0 aliphatic rings. The van der Waals surface area contributed by atoms with Crippen LogP contribution in [-0.4, -0.2) is 29.3 Å². The molecule has 0 rings (SSSR count). The molecule has 0 heterocycles. The standard InChI is InChI=1S/C5H16N2Si/c1-7-5-8-4-2-3-6/h7H,2-6,8H2,1H3. The first-order chi connectivity index (χ1) is 3.91. The van der Waals surface area contributed by atoms with Crippen molar-refractivity contribution in [3.8, 4) is 0 Å². The summed E-state index contributed by atoms with van der Waals surface area (Å²) in [5, 5.41) is 3.15. The highest BCUT2D eigenvalue weighted by atomic mass is 28.2. The van der Waals surface area contributed by atoms with Crippen molar-refractivity contribution in [1.29, 1.82) is 0 Å². The van der Waals surface area contributed by atoms with Crippen LogP contribution < -0.4 is 11.1 Å². The summed E-state index contributed by atoms with van der Waals surface area (Å²) in [6.45, 7) is 0.872. The maximum Gasteiger partial charge on any atom is 0.0365 e. The zero-order valence-corrected chi connectivity index (χ0v) is 7.03. The first-order valence-electron chi connectivity index (χ1n) is 3.26. The number of hydrogen-bond donors (Lipinski definition) is 2. The van der Waals surface area contributed by atoms with Crippen molar-refractivity contribution < 1.29 is 0 Å². The quantitative estimate of drug-likeness (QED) is 0.376. The van der Waals surface area contributed by atoms with Crippen LogP contribution in [0.5, 0.6) is 0 Å². The van der Waals surface area contributed by atoms with Crippen molar-refractivity contribution >= 4 is 9.52 Å². The second-order valence-corrected chi connectivity index (χ2v) is 3.87. The second kappa shape index (κ2) is 7.14. The highest BCUT2D eigenvalue weighted by Gasteiger charge is 1.83. The Bertz CT molecular complexity index is 35.4.